The van der Waals surface area contributed by atoms with Gasteiger partial charge in [0.2, 0.25) is 0 Å². The molecule has 0 aliphatic heterocycles. The van der Waals surface area contributed by atoms with Crippen molar-refractivity contribution in [2.75, 3.05) is 0 Å². The van der Waals surface area contributed by atoms with Gasteiger partial charge >= 0.3 is 0 Å². The number of H-pyrrole nitrogens is 1. The lowest BCUT2D eigenvalue weighted by Gasteiger charge is -2.09. The highest BCUT2D eigenvalue weighted by Crippen LogP contribution is 2.28. The zero-order valence-corrected chi connectivity index (χ0v) is 15.5. The van der Waals surface area contributed by atoms with Gasteiger partial charge in [0.25, 0.3) is 5.56 Å². The number of hydrogen-bond donors (Lipinski definition) is 1. The third-order valence-electron chi connectivity index (χ3n) is 3.97. The Morgan fingerprint density at radius 1 is 1.19 bits per heavy atom. The third-order valence-corrected chi connectivity index (χ3v) is 5.21. The minimum absolute atomic E-state index is 0.245. The van der Waals surface area contributed by atoms with Crippen LogP contribution in [0.5, 0.6) is 0 Å². The van der Waals surface area contributed by atoms with E-state index in [0.717, 1.165) is 16.8 Å². The van der Waals surface area contributed by atoms with Gasteiger partial charge in [-0.1, -0.05) is 53.2 Å². The van der Waals surface area contributed by atoms with Crippen LogP contribution in [0.4, 0.5) is 0 Å². The Labute approximate surface area is 159 Å². The molecule has 5 nitrogen and oxygen atoms in total. The summed E-state index contributed by atoms with van der Waals surface area (Å²) < 4.78 is 1.92. The first-order valence-corrected chi connectivity index (χ1v) is 9.38. The van der Waals surface area contributed by atoms with Crippen molar-refractivity contribution in [3.05, 3.63) is 81.4 Å². The van der Waals surface area contributed by atoms with E-state index in [1.54, 1.807) is 11.8 Å². The van der Waals surface area contributed by atoms with Crippen molar-refractivity contribution >= 4 is 34.5 Å². The lowest BCUT2D eigenvalue weighted by Crippen LogP contribution is -2.07. The van der Waals surface area contributed by atoms with Gasteiger partial charge in [-0.2, -0.15) is 0 Å². The highest BCUT2D eigenvalue weighted by molar-refractivity contribution is 7.98. The van der Waals surface area contributed by atoms with Crippen LogP contribution in [0.15, 0.2) is 64.8 Å². The normalized spacial score (nSPS) is 11.2. The van der Waals surface area contributed by atoms with Crippen LogP contribution in [-0.4, -0.2) is 19.5 Å². The third kappa shape index (κ3) is 3.25. The molecular formula is C19H15ClN4OS. The Hall–Kier alpha value is -2.57. The van der Waals surface area contributed by atoms with E-state index in [0.29, 0.717) is 27.1 Å². The van der Waals surface area contributed by atoms with Crippen LogP contribution in [0.2, 0.25) is 5.02 Å². The van der Waals surface area contributed by atoms with Gasteiger partial charge in [0.15, 0.2) is 16.3 Å². The summed E-state index contributed by atoms with van der Waals surface area (Å²) in [5, 5.41) is 1.42. The number of rotatable bonds is 4. The number of aromatic amines is 1. The van der Waals surface area contributed by atoms with Crippen LogP contribution < -0.4 is 5.56 Å². The average molecular weight is 383 g/mol. The molecule has 0 amide bonds. The second kappa shape index (κ2) is 6.97. The number of aryl methyl sites for hydroxylation is 1. The van der Waals surface area contributed by atoms with Crippen LogP contribution in [0.3, 0.4) is 0 Å². The summed E-state index contributed by atoms with van der Waals surface area (Å²) in [5.41, 5.74) is 3.81. The summed E-state index contributed by atoms with van der Waals surface area (Å²) in [6, 6.07) is 15.8. The molecule has 1 N–H and O–H groups in total. The summed E-state index contributed by atoms with van der Waals surface area (Å²) in [4.78, 5) is 23.6. The van der Waals surface area contributed by atoms with Gasteiger partial charge < -0.3 is 4.98 Å². The molecule has 26 heavy (non-hydrogen) atoms. The number of hydrogen-bond acceptors (Lipinski definition) is 4. The maximum Gasteiger partial charge on any atom is 0.278 e. The number of aromatic nitrogens is 4. The average Bonchev–Trinajstić information content (AvgIpc) is 3.01. The Morgan fingerprint density at radius 2 is 2.00 bits per heavy atom. The van der Waals surface area contributed by atoms with Crippen LogP contribution in [0.1, 0.15) is 11.1 Å². The largest absolute Gasteiger partial charge is 0.311 e. The first kappa shape index (κ1) is 16.9. The molecule has 4 aromatic rings. The van der Waals surface area contributed by atoms with E-state index in [1.165, 1.54) is 6.33 Å². The molecule has 2 heterocycles. The fourth-order valence-corrected chi connectivity index (χ4v) is 3.85. The van der Waals surface area contributed by atoms with Crippen molar-refractivity contribution in [1.29, 1.82) is 0 Å². The number of benzene rings is 2. The quantitative estimate of drug-likeness (QED) is 0.532. The molecule has 0 fully saturated rings. The van der Waals surface area contributed by atoms with E-state index in [2.05, 4.69) is 15.0 Å². The van der Waals surface area contributed by atoms with Gasteiger partial charge in [0.05, 0.1) is 6.33 Å². The maximum absolute atomic E-state index is 12.2. The Balaban J connectivity index is 1.80. The van der Waals surface area contributed by atoms with Crippen LogP contribution in [0, 0.1) is 6.92 Å². The minimum atomic E-state index is -0.245. The van der Waals surface area contributed by atoms with E-state index in [1.807, 2.05) is 60.0 Å². The molecule has 2 aromatic carbocycles. The second-order valence-electron chi connectivity index (χ2n) is 5.89. The first-order chi connectivity index (χ1) is 12.6. The van der Waals surface area contributed by atoms with Gasteiger partial charge in [0.1, 0.15) is 0 Å². The second-order valence-corrected chi connectivity index (χ2v) is 7.27. The Bertz CT molecular complexity index is 1130. The molecule has 7 heteroatoms. The van der Waals surface area contributed by atoms with Crippen LogP contribution in [0.25, 0.3) is 16.9 Å². The fraction of sp³-hybridized carbons (Fsp3) is 0.105. The predicted octanol–water partition coefficient (Wildman–Crippen LogP) is 4.36. The minimum Gasteiger partial charge on any atom is -0.311 e. The lowest BCUT2D eigenvalue weighted by molar-refractivity contribution is 0.907. The van der Waals surface area contributed by atoms with E-state index in [-0.39, 0.29) is 5.56 Å². The van der Waals surface area contributed by atoms with E-state index >= 15 is 0 Å². The van der Waals surface area contributed by atoms with E-state index in [9.17, 15) is 4.79 Å². The molecule has 0 saturated carbocycles. The molecule has 0 atom stereocenters. The van der Waals surface area contributed by atoms with Crippen LogP contribution in [-0.2, 0) is 5.75 Å². The maximum atomic E-state index is 12.2. The highest BCUT2D eigenvalue weighted by atomic mass is 35.5. The smallest absolute Gasteiger partial charge is 0.278 e. The molecule has 0 radical (unpaired) electrons. The summed E-state index contributed by atoms with van der Waals surface area (Å²) in [6.45, 7) is 2.04. The number of nitrogens with zero attached hydrogens (tertiary/aromatic N) is 3. The van der Waals surface area contributed by atoms with Crippen LogP contribution >= 0.6 is 23.4 Å². The molecule has 0 bridgehead atoms. The summed E-state index contributed by atoms with van der Waals surface area (Å²) in [6.07, 6.45) is 1.41. The van der Waals surface area contributed by atoms with Gasteiger partial charge in [-0.15, -0.1) is 0 Å². The first-order valence-electron chi connectivity index (χ1n) is 8.02. The molecule has 130 valence electrons. The molecule has 0 aliphatic rings. The Kier molecular flexibility index (Phi) is 4.53. The van der Waals surface area contributed by atoms with Crippen molar-refractivity contribution in [3.8, 4) is 5.69 Å². The zero-order valence-electron chi connectivity index (χ0n) is 13.9. The molecule has 0 unspecified atom stereocenters. The molecule has 0 spiro atoms. The molecule has 4 rings (SSSR count). The highest BCUT2D eigenvalue weighted by Gasteiger charge is 2.16. The summed E-state index contributed by atoms with van der Waals surface area (Å²) in [5.74, 6) is 0.688. The van der Waals surface area contributed by atoms with Crippen molar-refractivity contribution in [2.24, 2.45) is 0 Å². The van der Waals surface area contributed by atoms with Gasteiger partial charge in [0, 0.05) is 16.5 Å². The lowest BCUT2D eigenvalue weighted by atomic mass is 10.2. The monoisotopic (exact) mass is 382 g/mol. The van der Waals surface area contributed by atoms with Gasteiger partial charge in [-0.25, -0.2) is 9.97 Å². The Morgan fingerprint density at radius 3 is 2.77 bits per heavy atom. The zero-order chi connectivity index (χ0) is 18.1. The van der Waals surface area contributed by atoms with E-state index in [4.69, 9.17) is 11.6 Å². The number of thioether (sulfide) groups is 1. The summed E-state index contributed by atoms with van der Waals surface area (Å²) in [7, 11) is 0. The number of nitrogens with one attached hydrogen (secondary N) is 1. The molecular weight excluding hydrogens is 368 g/mol. The van der Waals surface area contributed by atoms with Crippen molar-refractivity contribution < 1.29 is 0 Å². The standard InChI is InChI=1S/C19H15ClN4OS/c1-12-5-7-15(8-6-12)24-17-16(18(25)22-11-21-17)23-19(24)26-10-13-3-2-4-14(20)9-13/h2-9,11H,10H2,1H3,(H,21,22,25). The predicted molar refractivity (Wildman–Crippen MR) is 105 cm³/mol. The summed E-state index contributed by atoms with van der Waals surface area (Å²) >= 11 is 7.61. The SMILES string of the molecule is Cc1ccc(-n2c(SCc3cccc(Cl)c3)nc3c(=O)[nH]cnc32)cc1. The van der Waals surface area contributed by atoms with Gasteiger partial charge in [-0.3, -0.25) is 9.36 Å². The van der Waals surface area contributed by atoms with Crippen molar-refractivity contribution in [3.63, 3.8) is 0 Å². The number of fused-ring (bicyclic) bond motifs is 1. The number of halogens is 1. The topological polar surface area (TPSA) is 63.6 Å². The molecule has 0 saturated heterocycles. The molecule has 2 aromatic heterocycles. The van der Waals surface area contributed by atoms with Crippen molar-refractivity contribution in [1.82, 2.24) is 19.5 Å². The van der Waals surface area contributed by atoms with E-state index < -0.39 is 0 Å². The number of imidazole rings is 1. The van der Waals surface area contributed by atoms with Gasteiger partial charge in [-0.05, 0) is 36.8 Å². The molecule has 0 aliphatic carbocycles. The van der Waals surface area contributed by atoms with Crippen molar-refractivity contribution in [2.45, 2.75) is 17.8 Å². The fourth-order valence-electron chi connectivity index (χ4n) is 2.68.